The molecule has 0 aromatic heterocycles. The molecule has 2 aliphatic rings. The second-order valence-electron chi connectivity index (χ2n) is 6.61. The van der Waals surface area contributed by atoms with Gasteiger partial charge in [-0.1, -0.05) is 6.42 Å². The van der Waals surface area contributed by atoms with Crippen LogP contribution in [0.3, 0.4) is 0 Å². The van der Waals surface area contributed by atoms with E-state index in [2.05, 4.69) is 31.0 Å². The van der Waals surface area contributed by atoms with Crippen LogP contribution in [0.15, 0.2) is 0 Å². The normalized spacial score (nSPS) is 35.6. The van der Waals surface area contributed by atoms with Gasteiger partial charge in [-0.3, -0.25) is 4.90 Å². The third-order valence-corrected chi connectivity index (χ3v) is 4.82. The molecule has 2 rings (SSSR count). The number of piperidine rings is 1. The summed E-state index contributed by atoms with van der Waals surface area (Å²) in [6.45, 7) is 9.68. The molecule has 1 N–H and O–H groups in total. The molecule has 2 heteroatoms. The molecule has 0 spiro atoms. The van der Waals surface area contributed by atoms with Crippen LogP contribution in [0.2, 0.25) is 0 Å². The van der Waals surface area contributed by atoms with E-state index in [1.54, 1.807) is 0 Å². The molecule has 2 unspecified atom stereocenters. The van der Waals surface area contributed by atoms with Crippen LogP contribution in [0.1, 0.15) is 65.7 Å². The van der Waals surface area contributed by atoms with Crippen LogP contribution in [0.25, 0.3) is 0 Å². The molecular weight excluding hydrogens is 208 g/mol. The van der Waals surface area contributed by atoms with Gasteiger partial charge in [0.05, 0.1) is 0 Å². The van der Waals surface area contributed by atoms with Gasteiger partial charge in [0.15, 0.2) is 0 Å². The Hall–Kier alpha value is -0.0800. The monoisotopic (exact) mass is 238 g/mol. The highest BCUT2D eigenvalue weighted by atomic mass is 15.2. The maximum atomic E-state index is 3.74. The summed E-state index contributed by atoms with van der Waals surface area (Å²) in [7, 11) is 0. The summed E-state index contributed by atoms with van der Waals surface area (Å²) in [6, 6.07) is 1.59. The van der Waals surface area contributed by atoms with E-state index in [1.165, 1.54) is 58.0 Å². The molecule has 0 bridgehead atoms. The highest BCUT2D eigenvalue weighted by Gasteiger charge is 2.31. The molecule has 2 nitrogen and oxygen atoms in total. The van der Waals surface area contributed by atoms with Crippen molar-refractivity contribution >= 4 is 0 Å². The molecule has 0 aliphatic carbocycles. The molecule has 2 aliphatic heterocycles. The Morgan fingerprint density at radius 2 is 2.12 bits per heavy atom. The van der Waals surface area contributed by atoms with Gasteiger partial charge in [0, 0.05) is 17.6 Å². The van der Waals surface area contributed by atoms with Crippen LogP contribution in [0.5, 0.6) is 0 Å². The average Bonchev–Trinajstić information content (AvgIpc) is 2.76. The quantitative estimate of drug-likeness (QED) is 0.809. The van der Waals surface area contributed by atoms with Crippen molar-refractivity contribution in [3.8, 4) is 0 Å². The largest absolute Gasteiger partial charge is 0.312 e. The Kier molecular flexibility index (Phi) is 4.48. The number of rotatable bonds is 4. The van der Waals surface area contributed by atoms with Gasteiger partial charge in [0.25, 0.3) is 0 Å². The van der Waals surface area contributed by atoms with Crippen molar-refractivity contribution < 1.29 is 0 Å². The molecule has 0 saturated carbocycles. The van der Waals surface area contributed by atoms with E-state index >= 15 is 0 Å². The fourth-order valence-corrected chi connectivity index (χ4v) is 3.67. The van der Waals surface area contributed by atoms with Crippen molar-refractivity contribution in [2.24, 2.45) is 0 Å². The minimum atomic E-state index is 0.434. The van der Waals surface area contributed by atoms with Crippen LogP contribution < -0.4 is 5.32 Å². The predicted molar refractivity (Wildman–Crippen MR) is 74.4 cm³/mol. The van der Waals surface area contributed by atoms with Gasteiger partial charge in [-0.15, -0.1) is 0 Å². The van der Waals surface area contributed by atoms with E-state index in [1.807, 2.05) is 0 Å². The Labute approximate surface area is 107 Å². The molecule has 2 saturated heterocycles. The van der Waals surface area contributed by atoms with Gasteiger partial charge in [0.2, 0.25) is 0 Å². The molecule has 2 atom stereocenters. The lowest BCUT2D eigenvalue weighted by molar-refractivity contribution is 0.169. The molecule has 0 radical (unpaired) electrons. The molecule has 2 heterocycles. The van der Waals surface area contributed by atoms with Gasteiger partial charge in [-0.2, -0.15) is 0 Å². The highest BCUT2D eigenvalue weighted by Crippen LogP contribution is 2.29. The van der Waals surface area contributed by atoms with Crippen molar-refractivity contribution in [3.05, 3.63) is 0 Å². The van der Waals surface area contributed by atoms with Gasteiger partial charge in [-0.05, 0) is 72.4 Å². The van der Waals surface area contributed by atoms with E-state index in [0.29, 0.717) is 5.54 Å². The van der Waals surface area contributed by atoms with Crippen molar-refractivity contribution in [1.82, 2.24) is 10.2 Å². The number of likely N-dealkylation sites (tertiary alicyclic amines) is 1. The van der Waals surface area contributed by atoms with E-state index in [0.717, 1.165) is 12.1 Å². The van der Waals surface area contributed by atoms with Crippen LogP contribution in [-0.4, -0.2) is 35.6 Å². The molecule has 17 heavy (non-hydrogen) atoms. The summed E-state index contributed by atoms with van der Waals surface area (Å²) in [4.78, 5) is 2.71. The van der Waals surface area contributed by atoms with Gasteiger partial charge < -0.3 is 5.32 Å². The Morgan fingerprint density at radius 1 is 1.29 bits per heavy atom. The van der Waals surface area contributed by atoms with Crippen molar-refractivity contribution in [2.75, 3.05) is 13.1 Å². The first-order valence-corrected chi connectivity index (χ1v) is 7.61. The summed E-state index contributed by atoms with van der Waals surface area (Å²) in [6.07, 6.45) is 9.75. The smallest absolute Gasteiger partial charge is 0.0153 e. The number of hydrogen-bond acceptors (Lipinski definition) is 2. The third kappa shape index (κ3) is 3.45. The van der Waals surface area contributed by atoms with Gasteiger partial charge >= 0.3 is 0 Å². The van der Waals surface area contributed by atoms with E-state index in [9.17, 15) is 0 Å². The standard InChI is InChI=1S/C15H30N2/c1-13(2)17-12-6-7-14(17)8-10-15(3)9-4-5-11-16-15/h13-14,16H,4-12H2,1-3H3. The Bertz CT molecular complexity index is 231. The highest BCUT2D eigenvalue weighted by molar-refractivity contribution is 4.90. The lowest BCUT2D eigenvalue weighted by Crippen LogP contribution is -2.47. The van der Waals surface area contributed by atoms with E-state index in [-0.39, 0.29) is 0 Å². The number of hydrogen-bond donors (Lipinski definition) is 1. The SMILES string of the molecule is CC(C)N1CCCC1CCC1(C)CCCCN1. The zero-order valence-corrected chi connectivity index (χ0v) is 12.0. The summed E-state index contributed by atoms with van der Waals surface area (Å²) >= 11 is 0. The zero-order valence-electron chi connectivity index (χ0n) is 12.0. The predicted octanol–water partition coefficient (Wildman–Crippen LogP) is 3.17. The molecule has 2 fully saturated rings. The van der Waals surface area contributed by atoms with Crippen LogP contribution in [0.4, 0.5) is 0 Å². The van der Waals surface area contributed by atoms with Crippen molar-refractivity contribution in [1.29, 1.82) is 0 Å². The zero-order chi connectivity index (χ0) is 12.3. The fourth-order valence-electron chi connectivity index (χ4n) is 3.67. The molecule has 0 aromatic carbocycles. The van der Waals surface area contributed by atoms with E-state index < -0.39 is 0 Å². The molecule has 0 aromatic rings. The minimum Gasteiger partial charge on any atom is -0.312 e. The first kappa shape index (κ1) is 13.4. The number of nitrogens with one attached hydrogen (secondary N) is 1. The Morgan fingerprint density at radius 3 is 2.76 bits per heavy atom. The van der Waals surface area contributed by atoms with Gasteiger partial charge in [0.1, 0.15) is 0 Å². The maximum absolute atomic E-state index is 3.74. The Balaban J connectivity index is 1.80. The second kappa shape index (κ2) is 5.71. The fraction of sp³-hybridized carbons (Fsp3) is 1.00. The third-order valence-electron chi connectivity index (χ3n) is 4.82. The molecule has 0 amide bonds. The minimum absolute atomic E-state index is 0.434. The lowest BCUT2D eigenvalue weighted by atomic mass is 9.85. The van der Waals surface area contributed by atoms with Crippen LogP contribution in [-0.2, 0) is 0 Å². The van der Waals surface area contributed by atoms with Crippen molar-refractivity contribution in [3.63, 3.8) is 0 Å². The lowest BCUT2D eigenvalue weighted by Gasteiger charge is -2.37. The summed E-state index contributed by atoms with van der Waals surface area (Å²) < 4.78 is 0. The van der Waals surface area contributed by atoms with Crippen LogP contribution >= 0.6 is 0 Å². The first-order chi connectivity index (χ1) is 8.11. The summed E-state index contributed by atoms with van der Waals surface area (Å²) in [5.74, 6) is 0. The average molecular weight is 238 g/mol. The first-order valence-electron chi connectivity index (χ1n) is 7.61. The maximum Gasteiger partial charge on any atom is 0.0153 e. The topological polar surface area (TPSA) is 15.3 Å². The van der Waals surface area contributed by atoms with Crippen molar-refractivity contribution in [2.45, 2.75) is 83.3 Å². The summed E-state index contributed by atoms with van der Waals surface area (Å²) in [5.41, 5.74) is 0.434. The van der Waals surface area contributed by atoms with Gasteiger partial charge in [-0.25, -0.2) is 0 Å². The van der Waals surface area contributed by atoms with Crippen LogP contribution in [0, 0.1) is 0 Å². The van der Waals surface area contributed by atoms with E-state index in [4.69, 9.17) is 0 Å². The summed E-state index contributed by atoms with van der Waals surface area (Å²) in [5, 5.41) is 3.74. The number of nitrogens with zero attached hydrogens (tertiary/aromatic N) is 1. The molecule has 100 valence electrons. The second-order valence-corrected chi connectivity index (χ2v) is 6.61. The molecular formula is C15H30N2.